The van der Waals surface area contributed by atoms with Crippen LogP contribution < -0.4 is 5.32 Å². The second-order valence-electron chi connectivity index (χ2n) is 6.89. The van der Waals surface area contributed by atoms with Crippen LogP contribution in [0.15, 0.2) is 24.3 Å². The number of nitrogens with one attached hydrogen (secondary N) is 1. The highest BCUT2D eigenvalue weighted by atomic mass is 16.5. The topological polar surface area (TPSA) is 24.5 Å². The van der Waals surface area contributed by atoms with Crippen LogP contribution in [-0.2, 0) is 17.8 Å². The number of benzene rings is 1. The maximum Gasteiger partial charge on any atom is 0.0777 e. The second-order valence-corrected chi connectivity index (χ2v) is 6.89. The lowest BCUT2D eigenvalue weighted by atomic mass is 9.94. The van der Waals surface area contributed by atoms with Crippen LogP contribution in [0.1, 0.15) is 43.7 Å². The highest BCUT2D eigenvalue weighted by Gasteiger charge is 2.30. The van der Waals surface area contributed by atoms with E-state index in [0.29, 0.717) is 0 Å². The summed E-state index contributed by atoms with van der Waals surface area (Å²) in [4.78, 5) is 2.54. The number of hydrogen-bond acceptors (Lipinski definition) is 3. The normalized spacial score (nSPS) is 27.0. The van der Waals surface area contributed by atoms with Gasteiger partial charge in [0.15, 0.2) is 0 Å². The molecule has 2 fully saturated rings. The molecule has 1 aromatic rings. The summed E-state index contributed by atoms with van der Waals surface area (Å²) in [7, 11) is 1.84. The smallest absolute Gasteiger partial charge is 0.0777 e. The van der Waals surface area contributed by atoms with Gasteiger partial charge in [-0.05, 0) is 50.3 Å². The van der Waals surface area contributed by atoms with Gasteiger partial charge in [0.25, 0.3) is 0 Å². The Morgan fingerprint density at radius 2 is 2.05 bits per heavy atom. The molecule has 0 bridgehead atoms. The molecule has 1 aromatic carbocycles. The summed E-state index contributed by atoms with van der Waals surface area (Å²) in [5, 5.41) is 3.63. The SMILES string of the molecule is COC1(C)CCCN(Cc2ccccc2CNC2CC2)C1. The number of ether oxygens (including phenoxy) is 1. The molecule has 21 heavy (non-hydrogen) atoms. The molecule has 0 spiro atoms. The lowest BCUT2D eigenvalue weighted by molar-refractivity contribution is -0.0527. The van der Waals surface area contributed by atoms with Gasteiger partial charge in [0.2, 0.25) is 0 Å². The van der Waals surface area contributed by atoms with Gasteiger partial charge >= 0.3 is 0 Å². The number of nitrogens with zero attached hydrogens (tertiary/aromatic N) is 1. The lowest BCUT2D eigenvalue weighted by Gasteiger charge is -2.39. The first-order valence-electron chi connectivity index (χ1n) is 8.26. The maximum atomic E-state index is 5.71. The fourth-order valence-electron chi connectivity index (χ4n) is 3.28. The van der Waals surface area contributed by atoms with Gasteiger partial charge in [0.05, 0.1) is 5.60 Å². The number of rotatable bonds is 6. The van der Waals surface area contributed by atoms with Gasteiger partial charge in [0.1, 0.15) is 0 Å². The maximum absolute atomic E-state index is 5.71. The Balaban J connectivity index is 1.63. The number of likely N-dealkylation sites (tertiary alicyclic amines) is 1. The first-order valence-corrected chi connectivity index (χ1v) is 8.26. The first-order chi connectivity index (χ1) is 10.2. The van der Waals surface area contributed by atoms with Crippen molar-refractivity contribution in [3.05, 3.63) is 35.4 Å². The minimum absolute atomic E-state index is 0.0272. The lowest BCUT2D eigenvalue weighted by Crippen LogP contribution is -2.47. The molecule has 1 heterocycles. The summed E-state index contributed by atoms with van der Waals surface area (Å²) >= 11 is 0. The van der Waals surface area contributed by atoms with E-state index in [9.17, 15) is 0 Å². The Labute approximate surface area is 128 Å². The predicted molar refractivity (Wildman–Crippen MR) is 86.2 cm³/mol. The molecule has 0 amide bonds. The molecule has 0 aromatic heterocycles. The molecular weight excluding hydrogens is 260 g/mol. The van der Waals surface area contributed by atoms with Gasteiger partial charge in [-0.15, -0.1) is 0 Å². The van der Waals surface area contributed by atoms with E-state index in [0.717, 1.165) is 25.7 Å². The van der Waals surface area contributed by atoms with Crippen LogP contribution in [0.25, 0.3) is 0 Å². The molecule has 2 aliphatic rings. The molecule has 0 radical (unpaired) electrons. The van der Waals surface area contributed by atoms with Crippen molar-refractivity contribution in [2.24, 2.45) is 0 Å². The van der Waals surface area contributed by atoms with E-state index in [1.54, 1.807) is 0 Å². The summed E-state index contributed by atoms with van der Waals surface area (Å²) < 4.78 is 5.71. The van der Waals surface area contributed by atoms with Crippen LogP contribution in [0.4, 0.5) is 0 Å². The molecule has 3 heteroatoms. The summed E-state index contributed by atoms with van der Waals surface area (Å²) in [6, 6.07) is 9.63. The molecule has 1 N–H and O–H groups in total. The van der Waals surface area contributed by atoms with Gasteiger partial charge in [-0.1, -0.05) is 24.3 Å². The van der Waals surface area contributed by atoms with Gasteiger partial charge < -0.3 is 10.1 Å². The minimum Gasteiger partial charge on any atom is -0.377 e. The number of piperidine rings is 1. The van der Waals surface area contributed by atoms with E-state index in [1.165, 1.54) is 43.4 Å². The Morgan fingerprint density at radius 3 is 2.76 bits per heavy atom. The zero-order valence-corrected chi connectivity index (χ0v) is 13.4. The Bertz CT molecular complexity index is 472. The summed E-state index contributed by atoms with van der Waals surface area (Å²) in [5.74, 6) is 0. The van der Waals surface area contributed by atoms with Crippen molar-refractivity contribution in [2.45, 2.75) is 57.3 Å². The van der Waals surface area contributed by atoms with E-state index >= 15 is 0 Å². The van der Waals surface area contributed by atoms with Gasteiger partial charge in [-0.3, -0.25) is 4.90 Å². The zero-order valence-electron chi connectivity index (χ0n) is 13.4. The fourth-order valence-corrected chi connectivity index (χ4v) is 3.28. The van der Waals surface area contributed by atoms with Crippen molar-refractivity contribution in [1.82, 2.24) is 10.2 Å². The third kappa shape index (κ3) is 4.06. The second kappa shape index (κ2) is 6.47. The monoisotopic (exact) mass is 288 g/mol. The third-order valence-electron chi connectivity index (χ3n) is 4.90. The molecule has 1 aliphatic heterocycles. The van der Waals surface area contributed by atoms with Crippen molar-refractivity contribution in [3.8, 4) is 0 Å². The average molecular weight is 288 g/mol. The van der Waals surface area contributed by atoms with Crippen LogP contribution in [0, 0.1) is 0 Å². The van der Waals surface area contributed by atoms with E-state index < -0.39 is 0 Å². The highest BCUT2D eigenvalue weighted by Crippen LogP contribution is 2.26. The van der Waals surface area contributed by atoms with Gasteiger partial charge in [-0.2, -0.15) is 0 Å². The number of hydrogen-bond donors (Lipinski definition) is 1. The van der Waals surface area contributed by atoms with Crippen LogP contribution in [0.5, 0.6) is 0 Å². The Kier molecular flexibility index (Phi) is 4.63. The first kappa shape index (κ1) is 15.0. The molecule has 3 rings (SSSR count). The van der Waals surface area contributed by atoms with Gasteiger partial charge in [-0.25, -0.2) is 0 Å². The number of methoxy groups -OCH3 is 1. The zero-order chi connectivity index (χ0) is 14.7. The molecule has 1 saturated carbocycles. The summed E-state index contributed by atoms with van der Waals surface area (Å²) in [5.41, 5.74) is 2.94. The molecule has 1 atom stereocenters. The average Bonchev–Trinajstić information content (AvgIpc) is 3.31. The van der Waals surface area contributed by atoms with Crippen LogP contribution in [0.3, 0.4) is 0 Å². The van der Waals surface area contributed by atoms with Crippen LogP contribution >= 0.6 is 0 Å². The molecule has 116 valence electrons. The highest BCUT2D eigenvalue weighted by molar-refractivity contribution is 5.27. The standard InChI is InChI=1S/C18H28N2O/c1-18(21-2)10-5-11-20(14-18)13-16-7-4-3-6-15(16)12-19-17-8-9-17/h3-4,6-7,17,19H,5,8-14H2,1-2H3. The minimum atomic E-state index is 0.0272. The van der Waals surface area contributed by atoms with E-state index in [1.807, 2.05) is 7.11 Å². The molecule has 1 saturated heterocycles. The quantitative estimate of drug-likeness (QED) is 0.871. The van der Waals surface area contributed by atoms with Crippen molar-refractivity contribution in [1.29, 1.82) is 0 Å². The van der Waals surface area contributed by atoms with E-state index in [2.05, 4.69) is 41.4 Å². The van der Waals surface area contributed by atoms with Crippen LogP contribution in [-0.4, -0.2) is 36.7 Å². The molecular formula is C18H28N2O. The third-order valence-corrected chi connectivity index (χ3v) is 4.90. The van der Waals surface area contributed by atoms with Crippen molar-refractivity contribution in [3.63, 3.8) is 0 Å². The Hall–Kier alpha value is -0.900. The van der Waals surface area contributed by atoms with Crippen LogP contribution in [0.2, 0.25) is 0 Å². The van der Waals surface area contributed by atoms with Gasteiger partial charge in [0, 0.05) is 32.8 Å². The Morgan fingerprint density at radius 1 is 1.29 bits per heavy atom. The van der Waals surface area contributed by atoms with E-state index in [4.69, 9.17) is 4.74 Å². The summed E-state index contributed by atoms with van der Waals surface area (Å²) in [6.45, 7) is 6.51. The van der Waals surface area contributed by atoms with Crippen molar-refractivity contribution >= 4 is 0 Å². The van der Waals surface area contributed by atoms with E-state index in [-0.39, 0.29) is 5.60 Å². The summed E-state index contributed by atoms with van der Waals surface area (Å²) in [6.07, 6.45) is 5.10. The van der Waals surface area contributed by atoms with Crippen molar-refractivity contribution in [2.75, 3.05) is 20.2 Å². The fraction of sp³-hybridized carbons (Fsp3) is 0.667. The largest absolute Gasteiger partial charge is 0.377 e. The predicted octanol–water partition coefficient (Wildman–Crippen LogP) is 2.94. The van der Waals surface area contributed by atoms with Crippen molar-refractivity contribution < 1.29 is 4.74 Å². The molecule has 1 aliphatic carbocycles. The molecule has 3 nitrogen and oxygen atoms in total. The molecule has 1 unspecified atom stereocenters.